The zero-order valence-corrected chi connectivity index (χ0v) is 9.66. The number of ketones is 1. The van der Waals surface area contributed by atoms with E-state index in [4.69, 9.17) is 10.8 Å². The summed E-state index contributed by atoms with van der Waals surface area (Å²) in [5.74, 6) is -1.21. The van der Waals surface area contributed by atoms with Crippen molar-refractivity contribution in [2.45, 2.75) is 11.7 Å². The fourth-order valence-corrected chi connectivity index (χ4v) is 1.82. The minimum atomic E-state index is -0.977. The third-order valence-electron chi connectivity index (χ3n) is 2.19. The molecule has 0 aliphatic carbocycles. The van der Waals surface area contributed by atoms with Crippen LogP contribution in [0.25, 0.3) is 0 Å². The molecule has 0 saturated heterocycles. The molecule has 0 heterocycles. The zero-order chi connectivity index (χ0) is 12.1. The Labute approximate surface area is 97.8 Å². The summed E-state index contributed by atoms with van der Waals surface area (Å²) >= 11 is 1.15. The first-order valence-electron chi connectivity index (χ1n) is 4.69. The second-order valence-corrected chi connectivity index (χ2v) is 4.32. The average Bonchev–Trinajstić information content (AvgIpc) is 2.25. The SMILES string of the molecule is CS[C@H](CC(=O)c1ccccc1N)C(=O)O. The fraction of sp³-hybridized carbons (Fsp3) is 0.273. The Morgan fingerprint density at radius 3 is 2.56 bits per heavy atom. The van der Waals surface area contributed by atoms with Crippen molar-refractivity contribution in [2.75, 3.05) is 12.0 Å². The summed E-state index contributed by atoms with van der Waals surface area (Å²) in [5.41, 5.74) is 6.42. The molecule has 0 radical (unpaired) electrons. The number of para-hydroxylation sites is 1. The molecule has 3 N–H and O–H groups in total. The Kier molecular flexibility index (Phi) is 4.37. The number of anilines is 1. The molecule has 5 heteroatoms. The molecule has 4 nitrogen and oxygen atoms in total. The lowest BCUT2D eigenvalue weighted by Gasteiger charge is -2.09. The van der Waals surface area contributed by atoms with Gasteiger partial charge in [-0.2, -0.15) is 0 Å². The molecule has 0 fully saturated rings. The summed E-state index contributed by atoms with van der Waals surface area (Å²) in [5, 5.41) is 8.12. The van der Waals surface area contributed by atoms with Crippen LogP contribution in [0.3, 0.4) is 0 Å². The van der Waals surface area contributed by atoms with Gasteiger partial charge in [0.05, 0.1) is 0 Å². The molecule has 0 aliphatic rings. The first kappa shape index (κ1) is 12.6. The highest BCUT2D eigenvalue weighted by atomic mass is 32.2. The second kappa shape index (κ2) is 5.55. The number of thioether (sulfide) groups is 1. The van der Waals surface area contributed by atoms with E-state index in [9.17, 15) is 9.59 Å². The third-order valence-corrected chi connectivity index (χ3v) is 3.13. The van der Waals surface area contributed by atoms with Gasteiger partial charge in [0.2, 0.25) is 0 Å². The van der Waals surface area contributed by atoms with E-state index in [1.165, 1.54) is 0 Å². The Morgan fingerprint density at radius 1 is 1.44 bits per heavy atom. The normalized spacial score (nSPS) is 12.1. The quantitative estimate of drug-likeness (QED) is 0.603. The summed E-state index contributed by atoms with van der Waals surface area (Å²) in [6.07, 6.45) is 1.63. The molecular formula is C11H13NO3S. The number of hydrogen-bond acceptors (Lipinski definition) is 4. The van der Waals surface area contributed by atoms with E-state index >= 15 is 0 Å². The van der Waals surface area contributed by atoms with E-state index in [1.54, 1.807) is 30.5 Å². The average molecular weight is 239 g/mol. The third kappa shape index (κ3) is 3.00. The smallest absolute Gasteiger partial charge is 0.317 e. The number of carbonyl (C=O) groups is 2. The summed E-state index contributed by atoms with van der Waals surface area (Å²) in [4.78, 5) is 22.6. The van der Waals surface area contributed by atoms with Gasteiger partial charge in [0.1, 0.15) is 5.25 Å². The summed E-state index contributed by atoms with van der Waals surface area (Å²) in [6, 6.07) is 6.67. The number of aliphatic carboxylic acids is 1. The van der Waals surface area contributed by atoms with Gasteiger partial charge in [-0.15, -0.1) is 11.8 Å². The minimum absolute atomic E-state index is 0.0370. The largest absolute Gasteiger partial charge is 0.480 e. The highest BCUT2D eigenvalue weighted by molar-refractivity contribution is 7.99. The summed E-state index contributed by atoms with van der Waals surface area (Å²) in [6.45, 7) is 0. The van der Waals surface area contributed by atoms with Gasteiger partial charge in [-0.1, -0.05) is 12.1 Å². The first-order chi connectivity index (χ1) is 7.56. The van der Waals surface area contributed by atoms with Crippen LogP contribution in [-0.4, -0.2) is 28.4 Å². The van der Waals surface area contributed by atoms with Gasteiger partial charge >= 0.3 is 5.97 Å². The molecule has 1 atom stereocenters. The van der Waals surface area contributed by atoms with Gasteiger partial charge in [0.25, 0.3) is 0 Å². The molecule has 1 aromatic carbocycles. The standard InChI is InChI=1S/C11H13NO3S/c1-16-10(11(14)15)6-9(13)7-4-2-3-5-8(7)12/h2-5,10H,6,12H2,1H3,(H,14,15)/t10-/m1/s1. The van der Waals surface area contributed by atoms with Crippen LogP contribution >= 0.6 is 11.8 Å². The Bertz CT molecular complexity index is 406. The summed E-state index contributed by atoms with van der Waals surface area (Å²) in [7, 11) is 0. The van der Waals surface area contributed by atoms with E-state index in [2.05, 4.69) is 0 Å². The van der Waals surface area contributed by atoms with Crippen molar-refractivity contribution in [1.29, 1.82) is 0 Å². The lowest BCUT2D eigenvalue weighted by molar-refractivity contribution is -0.136. The van der Waals surface area contributed by atoms with Crippen molar-refractivity contribution in [1.82, 2.24) is 0 Å². The highest BCUT2D eigenvalue weighted by Crippen LogP contribution is 2.18. The zero-order valence-electron chi connectivity index (χ0n) is 8.84. The van der Waals surface area contributed by atoms with Gasteiger partial charge in [-0.3, -0.25) is 9.59 Å². The lowest BCUT2D eigenvalue weighted by atomic mass is 10.0. The molecular weight excluding hydrogens is 226 g/mol. The molecule has 1 rings (SSSR count). The number of benzene rings is 1. The van der Waals surface area contributed by atoms with Crippen LogP contribution in [-0.2, 0) is 4.79 Å². The van der Waals surface area contributed by atoms with Crippen molar-refractivity contribution < 1.29 is 14.7 Å². The predicted molar refractivity (Wildman–Crippen MR) is 64.7 cm³/mol. The van der Waals surface area contributed by atoms with Gasteiger partial charge in [0.15, 0.2) is 5.78 Å². The maximum atomic E-state index is 11.8. The Hall–Kier alpha value is -1.49. The van der Waals surface area contributed by atoms with Crippen LogP contribution < -0.4 is 5.73 Å². The second-order valence-electron chi connectivity index (χ2n) is 3.28. The topological polar surface area (TPSA) is 80.4 Å². The van der Waals surface area contributed by atoms with Crippen LogP contribution in [0.4, 0.5) is 5.69 Å². The van der Waals surface area contributed by atoms with E-state index in [0.717, 1.165) is 11.8 Å². The van der Waals surface area contributed by atoms with Crippen molar-refractivity contribution in [3.63, 3.8) is 0 Å². The Balaban J connectivity index is 2.80. The molecule has 1 aromatic rings. The summed E-state index contributed by atoms with van der Waals surface area (Å²) < 4.78 is 0. The van der Waals surface area contributed by atoms with E-state index in [0.29, 0.717) is 11.3 Å². The number of rotatable bonds is 5. The number of carboxylic acid groups (broad SMARTS) is 1. The van der Waals surface area contributed by atoms with Crippen LogP contribution in [0.15, 0.2) is 24.3 Å². The monoisotopic (exact) mass is 239 g/mol. The molecule has 0 spiro atoms. The van der Waals surface area contributed by atoms with Gasteiger partial charge in [-0.05, 0) is 18.4 Å². The first-order valence-corrected chi connectivity index (χ1v) is 5.98. The van der Waals surface area contributed by atoms with Crippen LogP contribution in [0.5, 0.6) is 0 Å². The van der Waals surface area contributed by atoms with Crippen molar-refractivity contribution in [3.05, 3.63) is 29.8 Å². The number of carbonyl (C=O) groups excluding carboxylic acids is 1. The molecule has 0 amide bonds. The minimum Gasteiger partial charge on any atom is -0.480 e. The molecule has 0 bridgehead atoms. The van der Waals surface area contributed by atoms with Gasteiger partial charge < -0.3 is 10.8 Å². The fourth-order valence-electron chi connectivity index (χ4n) is 1.30. The van der Waals surface area contributed by atoms with E-state index < -0.39 is 11.2 Å². The van der Waals surface area contributed by atoms with Crippen LogP contribution in [0.2, 0.25) is 0 Å². The van der Waals surface area contributed by atoms with Gasteiger partial charge in [-0.25, -0.2) is 0 Å². The molecule has 0 unspecified atom stereocenters. The lowest BCUT2D eigenvalue weighted by Crippen LogP contribution is -2.20. The molecule has 0 aliphatic heterocycles. The maximum absolute atomic E-state index is 11.8. The molecule has 86 valence electrons. The highest BCUT2D eigenvalue weighted by Gasteiger charge is 2.21. The number of carboxylic acids is 1. The number of Topliss-reactive ketones (excluding diaryl/α,β-unsaturated/α-hetero) is 1. The predicted octanol–water partition coefficient (Wildman–Crippen LogP) is 1.66. The van der Waals surface area contributed by atoms with Crippen LogP contribution in [0, 0.1) is 0 Å². The number of hydrogen-bond donors (Lipinski definition) is 2. The van der Waals surface area contributed by atoms with Crippen molar-refractivity contribution >= 4 is 29.2 Å². The van der Waals surface area contributed by atoms with E-state index in [-0.39, 0.29) is 12.2 Å². The van der Waals surface area contributed by atoms with Gasteiger partial charge in [0, 0.05) is 17.7 Å². The number of nitrogen functional groups attached to an aromatic ring is 1. The number of nitrogens with two attached hydrogens (primary N) is 1. The molecule has 16 heavy (non-hydrogen) atoms. The van der Waals surface area contributed by atoms with Crippen molar-refractivity contribution in [2.24, 2.45) is 0 Å². The maximum Gasteiger partial charge on any atom is 0.317 e. The van der Waals surface area contributed by atoms with E-state index in [1.807, 2.05) is 0 Å². The molecule has 0 aromatic heterocycles. The Morgan fingerprint density at radius 2 is 2.06 bits per heavy atom. The molecule has 0 saturated carbocycles. The van der Waals surface area contributed by atoms with Crippen LogP contribution in [0.1, 0.15) is 16.8 Å². The van der Waals surface area contributed by atoms with Crippen molar-refractivity contribution in [3.8, 4) is 0 Å².